The van der Waals surface area contributed by atoms with Crippen molar-refractivity contribution in [2.24, 2.45) is 5.92 Å². The smallest absolute Gasteiger partial charge is 0.334 e. The fraction of sp³-hybridized carbons (Fsp3) is 0.421. The Balaban J connectivity index is 2.08. The second-order valence-electron chi connectivity index (χ2n) is 7.02. The Morgan fingerprint density at radius 2 is 2.00 bits per heavy atom. The average molecular weight is 360 g/mol. The molecule has 7 nitrogen and oxygen atoms in total. The molecule has 3 heterocycles. The van der Waals surface area contributed by atoms with Crippen LogP contribution in [0.25, 0.3) is 0 Å². The molecule has 138 valence electrons. The highest BCUT2D eigenvalue weighted by molar-refractivity contribution is 6.00. The summed E-state index contributed by atoms with van der Waals surface area (Å²) in [7, 11) is 0. The van der Waals surface area contributed by atoms with Crippen molar-refractivity contribution < 1.29 is 33.7 Å². The molecular formula is C19H20O7. The van der Waals surface area contributed by atoms with E-state index in [0.717, 1.165) is 0 Å². The summed E-state index contributed by atoms with van der Waals surface area (Å²) < 4.78 is 16.5. The van der Waals surface area contributed by atoms with E-state index in [1.165, 1.54) is 13.0 Å². The zero-order chi connectivity index (χ0) is 19.4. The molecule has 0 aromatic rings. The van der Waals surface area contributed by atoms with Crippen molar-refractivity contribution >= 4 is 17.7 Å². The Bertz CT molecular complexity index is 790. The predicted molar refractivity (Wildman–Crippen MR) is 89.5 cm³/mol. The molecule has 3 aliphatic heterocycles. The van der Waals surface area contributed by atoms with Gasteiger partial charge in [0.1, 0.15) is 24.1 Å². The van der Waals surface area contributed by atoms with Gasteiger partial charge in [-0.2, -0.15) is 0 Å². The molecule has 2 bridgehead atoms. The van der Waals surface area contributed by atoms with Crippen LogP contribution >= 0.6 is 0 Å². The van der Waals surface area contributed by atoms with Crippen molar-refractivity contribution in [1.82, 2.24) is 0 Å². The molecule has 2 fully saturated rings. The van der Waals surface area contributed by atoms with E-state index in [4.69, 9.17) is 14.2 Å². The first-order chi connectivity index (χ1) is 12.0. The van der Waals surface area contributed by atoms with E-state index in [0.29, 0.717) is 0 Å². The first kappa shape index (κ1) is 18.1. The quantitative estimate of drug-likeness (QED) is 0.582. The van der Waals surface area contributed by atoms with Gasteiger partial charge in [0.25, 0.3) is 0 Å². The van der Waals surface area contributed by atoms with E-state index >= 15 is 0 Å². The Labute approximate surface area is 150 Å². The van der Waals surface area contributed by atoms with Gasteiger partial charge < -0.3 is 19.3 Å². The lowest BCUT2D eigenvalue weighted by Gasteiger charge is -2.31. The molecule has 0 saturated carbocycles. The van der Waals surface area contributed by atoms with Crippen LogP contribution in [0.2, 0.25) is 0 Å². The molecule has 2 saturated heterocycles. The van der Waals surface area contributed by atoms with Crippen LogP contribution in [0.5, 0.6) is 0 Å². The predicted octanol–water partition coefficient (Wildman–Crippen LogP) is 1.13. The summed E-state index contributed by atoms with van der Waals surface area (Å²) in [5, 5.41) is 10.8. The molecular weight excluding hydrogens is 340 g/mol. The van der Waals surface area contributed by atoms with Crippen molar-refractivity contribution in [3.8, 4) is 0 Å². The number of ketones is 1. The summed E-state index contributed by atoms with van der Waals surface area (Å²) in [6, 6.07) is 0. The number of rotatable bonds is 2. The number of hydrogen-bond donors (Lipinski definition) is 1. The summed E-state index contributed by atoms with van der Waals surface area (Å²) in [5.74, 6) is -2.43. The summed E-state index contributed by atoms with van der Waals surface area (Å²) in [4.78, 5) is 36.5. The minimum Gasteiger partial charge on any atom is -0.479 e. The van der Waals surface area contributed by atoms with Gasteiger partial charge in [0.05, 0.1) is 5.92 Å². The number of esters is 2. The topological polar surface area (TPSA) is 99.1 Å². The summed E-state index contributed by atoms with van der Waals surface area (Å²) in [5.41, 5.74) is -0.994. The average Bonchev–Trinajstić information content (AvgIpc) is 3.00. The summed E-state index contributed by atoms with van der Waals surface area (Å²) in [6.45, 7) is 14.1. The Morgan fingerprint density at radius 1 is 1.35 bits per heavy atom. The largest absolute Gasteiger partial charge is 0.479 e. The maximum absolute atomic E-state index is 12.4. The molecule has 0 amide bonds. The Hall–Kier alpha value is -2.67. The van der Waals surface area contributed by atoms with Crippen molar-refractivity contribution in [2.75, 3.05) is 0 Å². The van der Waals surface area contributed by atoms with Crippen molar-refractivity contribution in [1.29, 1.82) is 0 Å². The van der Waals surface area contributed by atoms with Crippen LogP contribution in [-0.4, -0.2) is 46.7 Å². The molecule has 7 heteroatoms. The van der Waals surface area contributed by atoms with Gasteiger partial charge in [-0.05, 0) is 13.8 Å². The fourth-order valence-corrected chi connectivity index (χ4v) is 3.41. The third-order valence-electron chi connectivity index (χ3n) is 4.96. The molecule has 0 radical (unpaired) electrons. The first-order valence-electron chi connectivity index (χ1n) is 8.14. The molecule has 0 spiro atoms. The van der Waals surface area contributed by atoms with Gasteiger partial charge in [-0.1, -0.05) is 19.7 Å². The second-order valence-corrected chi connectivity index (χ2v) is 7.02. The lowest BCUT2D eigenvalue weighted by Crippen LogP contribution is -2.45. The highest BCUT2D eigenvalue weighted by atomic mass is 16.6. The van der Waals surface area contributed by atoms with Gasteiger partial charge in [-0.3, -0.25) is 4.79 Å². The number of hydrogen-bond acceptors (Lipinski definition) is 7. The highest BCUT2D eigenvalue weighted by Gasteiger charge is 2.55. The van der Waals surface area contributed by atoms with Gasteiger partial charge in [-0.15, -0.1) is 0 Å². The number of aliphatic hydroxyl groups excluding tert-OH is 1. The lowest BCUT2D eigenvalue weighted by molar-refractivity contribution is -0.155. The third-order valence-corrected chi connectivity index (χ3v) is 4.96. The maximum atomic E-state index is 12.4. The van der Waals surface area contributed by atoms with E-state index < -0.39 is 41.8 Å². The second kappa shape index (κ2) is 5.95. The molecule has 3 aliphatic rings. The van der Waals surface area contributed by atoms with E-state index in [2.05, 4.69) is 19.7 Å². The SMILES string of the molecule is C=C(C)C(=O)OC1C(O)C(=C)C2=CC(=O)C(C)(CC3OC(=O)C(=C)C31)O2. The molecule has 3 rings (SSSR count). The molecule has 0 aromatic carbocycles. The lowest BCUT2D eigenvalue weighted by atomic mass is 9.80. The summed E-state index contributed by atoms with van der Waals surface area (Å²) >= 11 is 0. The number of carbonyl (C=O) groups excluding carboxylic acids is 3. The number of fused-ring (bicyclic) bond motifs is 3. The Kier molecular flexibility index (Phi) is 4.15. The molecule has 0 aliphatic carbocycles. The minimum absolute atomic E-state index is 0.0301. The van der Waals surface area contributed by atoms with Gasteiger partial charge in [0.2, 0.25) is 5.78 Å². The van der Waals surface area contributed by atoms with Gasteiger partial charge >= 0.3 is 11.9 Å². The highest BCUT2D eigenvalue weighted by Crippen LogP contribution is 2.44. The monoisotopic (exact) mass is 360 g/mol. The van der Waals surface area contributed by atoms with Crippen LogP contribution in [0.15, 0.2) is 48.3 Å². The Morgan fingerprint density at radius 3 is 2.62 bits per heavy atom. The van der Waals surface area contributed by atoms with Crippen LogP contribution in [-0.2, 0) is 28.6 Å². The van der Waals surface area contributed by atoms with E-state index in [1.807, 2.05) is 0 Å². The van der Waals surface area contributed by atoms with E-state index in [9.17, 15) is 19.5 Å². The van der Waals surface area contributed by atoms with Crippen LogP contribution in [0.3, 0.4) is 0 Å². The maximum Gasteiger partial charge on any atom is 0.334 e. The zero-order valence-corrected chi connectivity index (χ0v) is 14.6. The number of ether oxygens (including phenoxy) is 3. The standard InChI is InChI=1S/C19H20O7/c1-8(2)17(22)25-16-14-10(4)18(23)24-12(14)7-19(5)13(20)6-11(26-19)9(3)15(16)21/h6,12,14-16,21H,1,3-4,7H2,2,5H3. The molecule has 1 N–H and O–H groups in total. The van der Waals surface area contributed by atoms with Crippen molar-refractivity contribution in [2.45, 2.75) is 44.2 Å². The number of carbonyl (C=O) groups is 3. The van der Waals surface area contributed by atoms with Gasteiger partial charge in [0, 0.05) is 29.2 Å². The normalized spacial score (nSPS) is 36.2. The van der Waals surface area contributed by atoms with Crippen LogP contribution < -0.4 is 0 Å². The third kappa shape index (κ3) is 2.68. The van der Waals surface area contributed by atoms with Gasteiger partial charge in [0.15, 0.2) is 5.60 Å². The van der Waals surface area contributed by atoms with Crippen molar-refractivity contribution in [3.63, 3.8) is 0 Å². The minimum atomic E-state index is -1.42. The van der Waals surface area contributed by atoms with Crippen molar-refractivity contribution in [3.05, 3.63) is 48.3 Å². The van der Waals surface area contributed by atoms with Crippen LogP contribution in [0.4, 0.5) is 0 Å². The van der Waals surface area contributed by atoms with Gasteiger partial charge in [-0.25, -0.2) is 9.59 Å². The van der Waals surface area contributed by atoms with Crippen LogP contribution in [0.1, 0.15) is 20.3 Å². The molecule has 26 heavy (non-hydrogen) atoms. The van der Waals surface area contributed by atoms with E-state index in [-0.39, 0.29) is 34.7 Å². The van der Waals surface area contributed by atoms with Crippen LogP contribution in [0, 0.1) is 5.92 Å². The zero-order valence-electron chi connectivity index (χ0n) is 14.6. The molecule has 5 unspecified atom stereocenters. The summed E-state index contributed by atoms with van der Waals surface area (Å²) in [6.07, 6.45) is -2.17. The first-order valence-corrected chi connectivity index (χ1v) is 8.14. The molecule has 0 aromatic heterocycles. The fourth-order valence-electron chi connectivity index (χ4n) is 3.41. The number of aliphatic hydroxyl groups is 1. The molecule has 5 atom stereocenters. The van der Waals surface area contributed by atoms with E-state index in [1.54, 1.807) is 6.92 Å².